The third-order valence-electron chi connectivity index (χ3n) is 1.92. The van der Waals surface area contributed by atoms with Gasteiger partial charge in [-0.3, -0.25) is 10.1 Å². The molecule has 1 aromatic heterocycles. The van der Waals surface area contributed by atoms with Crippen LogP contribution in [0.15, 0.2) is 24.5 Å². The van der Waals surface area contributed by atoms with Crippen molar-refractivity contribution >= 4 is 45.2 Å². The van der Waals surface area contributed by atoms with Gasteiger partial charge in [-0.25, -0.2) is 4.98 Å². The molecule has 0 aliphatic rings. The van der Waals surface area contributed by atoms with E-state index in [1.54, 1.807) is 18.2 Å². The fourth-order valence-corrected chi connectivity index (χ4v) is 2.17. The zero-order valence-electron chi connectivity index (χ0n) is 8.35. The van der Waals surface area contributed by atoms with Crippen LogP contribution in [-0.2, 0) is 0 Å². The van der Waals surface area contributed by atoms with Crippen molar-refractivity contribution in [2.45, 2.75) is 0 Å². The topological polar surface area (TPSA) is 78.7 Å². The predicted molar refractivity (Wildman–Crippen MR) is 71.7 cm³/mol. The molecule has 0 radical (unpaired) electrons. The van der Waals surface area contributed by atoms with Crippen LogP contribution in [0, 0.1) is 14.9 Å². The highest BCUT2D eigenvalue weighted by Crippen LogP contribution is 2.16. The summed E-state index contributed by atoms with van der Waals surface area (Å²) in [6.45, 7) is 0. The van der Waals surface area contributed by atoms with Gasteiger partial charge < -0.3 is 0 Å². The van der Waals surface area contributed by atoms with Crippen molar-refractivity contribution in [2.24, 2.45) is 0 Å². The molecule has 0 fully saturated rings. The molecule has 0 aliphatic heterocycles. The van der Waals surface area contributed by atoms with Crippen LogP contribution in [0.4, 0.5) is 5.13 Å². The average Bonchev–Trinajstić information content (AvgIpc) is 2.82. The Balaban J connectivity index is 2.28. The van der Waals surface area contributed by atoms with Gasteiger partial charge in [0, 0.05) is 15.1 Å². The van der Waals surface area contributed by atoms with Crippen LogP contribution in [0.5, 0.6) is 0 Å². The Labute approximate surface area is 115 Å². The van der Waals surface area contributed by atoms with E-state index in [2.05, 4.69) is 14.7 Å². The molecular formula is C10H5IN4OS. The smallest absolute Gasteiger partial charge is 0.258 e. The molecule has 0 saturated carbocycles. The molecule has 1 heterocycles. The third-order valence-corrected chi connectivity index (χ3v) is 3.44. The molecule has 84 valence electrons. The van der Waals surface area contributed by atoms with E-state index >= 15 is 0 Å². The molecule has 0 spiro atoms. The van der Waals surface area contributed by atoms with E-state index < -0.39 is 0 Å². The van der Waals surface area contributed by atoms with Gasteiger partial charge in [0.05, 0.1) is 17.2 Å². The Morgan fingerprint density at radius 3 is 3.00 bits per heavy atom. The van der Waals surface area contributed by atoms with E-state index in [1.165, 1.54) is 6.33 Å². The summed E-state index contributed by atoms with van der Waals surface area (Å²) in [5.41, 5.74) is 0.910. The number of amides is 1. The Kier molecular flexibility index (Phi) is 3.65. The van der Waals surface area contributed by atoms with Crippen LogP contribution in [0.25, 0.3) is 0 Å². The lowest BCUT2D eigenvalue weighted by atomic mass is 10.1. The highest BCUT2D eigenvalue weighted by Gasteiger charge is 2.12. The van der Waals surface area contributed by atoms with Crippen LogP contribution in [-0.4, -0.2) is 15.3 Å². The van der Waals surface area contributed by atoms with E-state index in [9.17, 15) is 4.79 Å². The maximum atomic E-state index is 11.9. The van der Waals surface area contributed by atoms with Crippen molar-refractivity contribution in [3.8, 4) is 6.07 Å². The second-order valence-electron chi connectivity index (χ2n) is 3.01. The second kappa shape index (κ2) is 5.20. The van der Waals surface area contributed by atoms with Gasteiger partial charge in [-0.1, -0.05) is 0 Å². The number of benzene rings is 1. The summed E-state index contributed by atoms with van der Waals surface area (Å²) >= 11 is 3.15. The molecule has 0 aliphatic carbocycles. The molecule has 0 saturated heterocycles. The van der Waals surface area contributed by atoms with Crippen LogP contribution < -0.4 is 5.32 Å². The number of hydrogen-bond acceptors (Lipinski definition) is 5. The van der Waals surface area contributed by atoms with Crippen molar-refractivity contribution < 1.29 is 4.79 Å². The van der Waals surface area contributed by atoms with Gasteiger partial charge in [0.1, 0.15) is 6.33 Å². The van der Waals surface area contributed by atoms with Crippen LogP contribution >= 0.6 is 34.1 Å². The molecule has 0 unspecified atom stereocenters. The predicted octanol–water partition coefficient (Wildman–Crippen LogP) is 2.27. The Hall–Kier alpha value is -1.53. The molecule has 2 aromatic rings. The maximum Gasteiger partial charge on any atom is 0.258 e. The zero-order valence-corrected chi connectivity index (χ0v) is 11.3. The Bertz CT molecular complexity index is 591. The maximum absolute atomic E-state index is 11.9. The van der Waals surface area contributed by atoms with Gasteiger partial charge in [-0.05, 0) is 40.8 Å². The minimum Gasteiger partial charge on any atom is -0.297 e. The van der Waals surface area contributed by atoms with Crippen molar-refractivity contribution in [1.82, 2.24) is 9.36 Å². The quantitative estimate of drug-likeness (QED) is 0.838. The highest BCUT2D eigenvalue weighted by atomic mass is 127. The number of halogens is 1. The lowest BCUT2D eigenvalue weighted by molar-refractivity contribution is 0.102. The van der Waals surface area contributed by atoms with Gasteiger partial charge in [-0.2, -0.15) is 9.64 Å². The number of nitrogens with one attached hydrogen (secondary N) is 1. The number of carbonyl (C=O) groups is 1. The largest absolute Gasteiger partial charge is 0.297 e. The molecule has 0 bridgehead atoms. The second-order valence-corrected chi connectivity index (χ2v) is 4.95. The summed E-state index contributed by atoms with van der Waals surface area (Å²) in [5, 5.41) is 11.8. The first kappa shape index (κ1) is 11.9. The number of aromatic nitrogens is 2. The normalized spacial score (nSPS) is 9.65. The van der Waals surface area contributed by atoms with Crippen molar-refractivity contribution in [1.29, 1.82) is 5.26 Å². The van der Waals surface area contributed by atoms with Crippen molar-refractivity contribution in [3.63, 3.8) is 0 Å². The lowest BCUT2D eigenvalue weighted by Gasteiger charge is -2.04. The van der Waals surface area contributed by atoms with Gasteiger partial charge in [0.25, 0.3) is 5.91 Å². The number of rotatable bonds is 2. The van der Waals surface area contributed by atoms with Crippen molar-refractivity contribution in [3.05, 3.63) is 39.2 Å². The van der Waals surface area contributed by atoms with E-state index in [0.717, 1.165) is 15.1 Å². The first-order chi connectivity index (χ1) is 8.20. The average molecular weight is 356 g/mol. The Morgan fingerprint density at radius 2 is 2.35 bits per heavy atom. The fourth-order valence-electron chi connectivity index (χ4n) is 1.16. The summed E-state index contributed by atoms with van der Waals surface area (Å²) < 4.78 is 4.57. The summed E-state index contributed by atoms with van der Waals surface area (Å²) in [4.78, 5) is 15.8. The van der Waals surface area contributed by atoms with E-state index in [1.807, 2.05) is 28.7 Å². The summed E-state index contributed by atoms with van der Waals surface area (Å²) in [6.07, 6.45) is 1.37. The van der Waals surface area contributed by atoms with Gasteiger partial charge >= 0.3 is 0 Å². The summed E-state index contributed by atoms with van der Waals surface area (Å²) in [6, 6.07) is 6.95. The zero-order chi connectivity index (χ0) is 12.3. The monoisotopic (exact) mass is 356 g/mol. The molecule has 5 nitrogen and oxygen atoms in total. The van der Waals surface area contributed by atoms with Crippen molar-refractivity contribution in [2.75, 3.05) is 5.32 Å². The van der Waals surface area contributed by atoms with Gasteiger partial charge in [0.15, 0.2) is 0 Å². The number of anilines is 1. The SMILES string of the molecule is N#Cc1ccc(I)c(C(=O)Nc2ncns2)c1. The molecule has 17 heavy (non-hydrogen) atoms. The molecular weight excluding hydrogens is 351 g/mol. The molecule has 1 amide bonds. The minimum atomic E-state index is -0.289. The highest BCUT2D eigenvalue weighted by molar-refractivity contribution is 14.1. The minimum absolute atomic E-state index is 0.289. The van der Waals surface area contributed by atoms with E-state index in [4.69, 9.17) is 5.26 Å². The summed E-state index contributed by atoms with van der Waals surface area (Å²) in [5.74, 6) is -0.289. The first-order valence-corrected chi connectivity index (χ1v) is 6.33. The standard InChI is InChI=1S/C10H5IN4OS/c11-8-2-1-6(4-12)3-7(8)9(16)15-10-13-5-14-17-10/h1-3,5H,(H,13,14,15,16). The van der Waals surface area contributed by atoms with Gasteiger partial charge in [0.2, 0.25) is 5.13 Å². The van der Waals surface area contributed by atoms with Crippen LogP contribution in [0.3, 0.4) is 0 Å². The Morgan fingerprint density at radius 1 is 1.53 bits per heavy atom. The van der Waals surface area contributed by atoms with Crippen LogP contribution in [0.1, 0.15) is 15.9 Å². The molecule has 1 N–H and O–H groups in total. The lowest BCUT2D eigenvalue weighted by Crippen LogP contribution is -2.13. The molecule has 2 rings (SSSR count). The van der Waals surface area contributed by atoms with Gasteiger partial charge in [-0.15, -0.1) is 0 Å². The number of hydrogen-bond donors (Lipinski definition) is 1. The number of carbonyl (C=O) groups excluding carboxylic acids is 1. The van der Waals surface area contributed by atoms with E-state index in [0.29, 0.717) is 16.3 Å². The molecule has 7 heteroatoms. The van der Waals surface area contributed by atoms with Crippen LogP contribution in [0.2, 0.25) is 0 Å². The third kappa shape index (κ3) is 2.78. The molecule has 0 atom stereocenters. The fraction of sp³-hybridized carbons (Fsp3) is 0. The first-order valence-electron chi connectivity index (χ1n) is 4.48. The number of nitriles is 1. The van der Waals surface area contributed by atoms with E-state index in [-0.39, 0.29) is 5.91 Å². The summed E-state index contributed by atoms with van der Waals surface area (Å²) in [7, 11) is 0. The molecule has 1 aromatic carbocycles. The number of nitrogens with zero attached hydrogens (tertiary/aromatic N) is 3.